The van der Waals surface area contributed by atoms with Crippen LogP contribution in [-0.2, 0) is 6.42 Å². The zero-order chi connectivity index (χ0) is 12.8. The molecule has 17 heavy (non-hydrogen) atoms. The minimum absolute atomic E-state index is 0.239. The number of nitrogens with one attached hydrogen (secondary N) is 2. The van der Waals surface area contributed by atoms with Crippen LogP contribution >= 0.6 is 12.2 Å². The van der Waals surface area contributed by atoms with E-state index in [0.717, 1.165) is 6.42 Å². The molecule has 2 nitrogen and oxygen atoms in total. The van der Waals surface area contributed by atoms with Gasteiger partial charge >= 0.3 is 0 Å². The summed E-state index contributed by atoms with van der Waals surface area (Å²) in [6, 6.07) is 9.00. The molecule has 3 heteroatoms. The molecule has 2 N–H and O–H groups in total. The average molecular weight is 250 g/mol. The van der Waals surface area contributed by atoms with Gasteiger partial charge in [-0.05, 0) is 42.6 Å². The van der Waals surface area contributed by atoms with Gasteiger partial charge in [-0.25, -0.2) is 0 Å². The second-order valence-electron chi connectivity index (χ2n) is 4.78. The minimum atomic E-state index is 0.239. The molecule has 1 rings (SSSR count). The van der Waals surface area contributed by atoms with E-state index in [1.54, 1.807) is 0 Å². The highest BCUT2D eigenvalue weighted by Gasteiger charge is 2.06. The highest BCUT2D eigenvalue weighted by Crippen LogP contribution is 2.15. The molecule has 0 spiro atoms. The van der Waals surface area contributed by atoms with Gasteiger partial charge < -0.3 is 10.6 Å². The molecule has 0 aliphatic carbocycles. The third-order valence-corrected chi connectivity index (χ3v) is 3.02. The summed E-state index contributed by atoms with van der Waals surface area (Å²) in [5.74, 6) is 0.702. The van der Waals surface area contributed by atoms with Gasteiger partial charge in [0.2, 0.25) is 0 Å². The molecule has 1 aromatic carbocycles. The molecule has 0 unspecified atom stereocenters. The lowest BCUT2D eigenvalue weighted by Crippen LogP contribution is -2.34. The van der Waals surface area contributed by atoms with Gasteiger partial charge in [-0.1, -0.05) is 38.1 Å². The lowest BCUT2D eigenvalue weighted by Gasteiger charge is -2.16. The third-order valence-electron chi connectivity index (χ3n) is 2.70. The summed E-state index contributed by atoms with van der Waals surface area (Å²) in [5, 5.41) is 6.83. The van der Waals surface area contributed by atoms with E-state index in [2.05, 4.69) is 55.7 Å². The Morgan fingerprint density at radius 2 is 1.76 bits per heavy atom. The first kappa shape index (κ1) is 14.0. The quantitative estimate of drug-likeness (QED) is 0.803. The average Bonchev–Trinajstić information content (AvgIpc) is 2.28. The fourth-order valence-electron chi connectivity index (χ4n) is 1.77. The van der Waals surface area contributed by atoms with Crippen molar-refractivity contribution in [3.8, 4) is 0 Å². The van der Waals surface area contributed by atoms with Crippen LogP contribution in [0.4, 0.5) is 0 Å². The van der Waals surface area contributed by atoms with Crippen LogP contribution in [0.3, 0.4) is 0 Å². The maximum absolute atomic E-state index is 5.09. The first-order valence-corrected chi connectivity index (χ1v) is 6.50. The van der Waals surface area contributed by atoms with Crippen molar-refractivity contribution in [2.45, 2.75) is 33.2 Å². The van der Waals surface area contributed by atoms with Crippen molar-refractivity contribution in [2.24, 2.45) is 5.92 Å². The van der Waals surface area contributed by atoms with Crippen LogP contribution in [0.2, 0.25) is 0 Å². The van der Waals surface area contributed by atoms with Gasteiger partial charge in [-0.15, -0.1) is 0 Å². The zero-order valence-corrected chi connectivity index (χ0v) is 11.9. The largest absolute Gasteiger partial charge is 0.366 e. The smallest absolute Gasteiger partial charge is 0.166 e. The van der Waals surface area contributed by atoms with Crippen LogP contribution in [0.15, 0.2) is 24.3 Å². The Labute approximate surface area is 110 Å². The summed E-state index contributed by atoms with van der Waals surface area (Å²) in [7, 11) is 1.83. The first-order valence-electron chi connectivity index (χ1n) is 6.10. The molecular formula is C14H22N2S. The fourth-order valence-corrected chi connectivity index (χ4v) is 1.94. The lowest BCUT2D eigenvalue weighted by molar-refractivity contribution is 0.646. The molecule has 0 amide bonds. The predicted molar refractivity (Wildman–Crippen MR) is 78.2 cm³/mol. The molecule has 0 fully saturated rings. The summed E-state index contributed by atoms with van der Waals surface area (Å²) in [6.07, 6.45) is 1.14. The van der Waals surface area contributed by atoms with E-state index < -0.39 is 0 Å². The molecule has 1 atom stereocenters. The van der Waals surface area contributed by atoms with Crippen molar-refractivity contribution in [3.05, 3.63) is 35.4 Å². The van der Waals surface area contributed by atoms with Crippen LogP contribution in [-0.4, -0.2) is 12.2 Å². The molecule has 0 heterocycles. The highest BCUT2D eigenvalue weighted by molar-refractivity contribution is 7.80. The van der Waals surface area contributed by atoms with Crippen LogP contribution in [0.25, 0.3) is 0 Å². The zero-order valence-electron chi connectivity index (χ0n) is 11.1. The molecule has 0 saturated heterocycles. The molecule has 0 aromatic heterocycles. The van der Waals surface area contributed by atoms with E-state index in [1.807, 2.05) is 7.05 Å². The number of hydrogen-bond acceptors (Lipinski definition) is 1. The molecule has 94 valence electrons. The highest BCUT2D eigenvalue weighted by atomic mass is 32.1. The first-order chi connectivity index (χ1) is 8.02. The van der Waals surface area contributed by atoms with E-state index in [4.69, 9.17) is 12.2 Å². The predicted octanol–water partition coefficient (Wildman–Crippen LogP) is 3.04. The van der Waals surface area contributed by atoms with Crippen molar-refractivity contribution in [2.75, 3.05) is 7.05 Å². The van der Waals surface area contributed by atoms with Gasteiger partial charge in [0, 0.05) is 7.05 Å². The van der Waals surface area contributed by atoms with Crippen molar-refractivity contribution in [3.63, 3.8) is 0 Å². The van der Waals surface area contributed by atoms with E-state index in [0.29, 0.717) is 11.0 Å². The second-order valence-corrected chi connectivity index (χ2v) is 5.19. The number of hydrogen-bond donors (Lipinski definition) is 2. The molecule has 0 radical (unpaired) electrons. The van der Waals surface area contributed by atoms with Gasteiger partial charge in [-0.2, -0.15) is 0 Å². The van der Waals surface area contributed by atoms with Gasteiger partial charge in [0.25, 0.3) is 0 Å². The molecule has 0 aliphatic heterocycles. The third kappa shape index (κ3) is 4.73. The Balaban J connectivity index is 2.63. The fraction of sp³-hybridized carbons (Fsp3) is 0.500. The maximum Gasteiger partial charge on any atom is 0.166 e. The van der Waals surface area contributed by atoms with Gasteiger partial charge in [0.05, 0.1) is 6.04 Å². The van der Waals surface area contributed by atoms with Gasteiger partial charge in [-0.3, -0.25) is 0 Å². The number of rotatable bonds is 4. The number of thiocarbonyl (C=S) groups is 1. The van der Waals surface area contributed by atoms with E-state index in [1.165, 1.54) is 11.1 Å². The van der Waals surface area contributed by atoms with Crippen molar-refractivity contribution >= 4 is 17.3 Å². The SMILES string of the molecule is CNC(=S)N[C@@H](C)c1ccc(CC(C)C)cc1. The van der Waals surface area contributed by atoms with Crippen molar-refractivity contribution < 1.29 is 0 Å². The molecule has 0 saturated carbocycles. The monoisotopic (exact) mass is 250 g/mol. The van der Waals surface area contributed by atoms with Crippen molar-refractivity contribution in [1.82, 2.24) is 10.6 Å². The summed E-state index contributed by atoms with van der Waals surface area (Å²) in [4.78, 5) is 0. The summed E-state index contributed by atoms with van der Waals surface area (Å²) >= 11 is 5.09. The van der Waals surface area contributed by atoms with Crippen LogP contribution in [0.1, 0.15) is 37.9 Å². The summed E-state index contributed by atoms with van der Waals surface area (Å²) < 4.78 is 0. The van der Waals surface area contributed by atoms with E-state index in [-0.39, 0.29) is 6.04 Å². The van der Waals surface area contributed by atoms with E-state index in [9.17, 15) is 0 Å². The Kier molecular flexibility index (Phi) is 5.42. The molecule has 0 aliphatic rings. The second kappa shape index (κ2) is 6.60. The van der Waals surface area contributed by atoms with Crippen molar-refractivity contribution in [1.29, 1.82) is 0 Å². The molecule has 0 bridgehead atoms. The van der Waals surface area contributed by atoms with Crippen LogP contribution < -0.4 is 10.6 Å². The Bertz CT molecular complexity index is 357. The lowest BCUT2D eigenvalue weighted by atomic mass is 10.00. The number of benzene rings is 1. The van der Waals surface area contributed by atoms with Gasteiger partial charge in [0.1, 0.15) is 0 Å². The standard InChI is InChI=1S/C14H22N2S/c1-10(2)9-12-5-7-13(8-6-12)11(3)16-14(17)15-4/h5-8,10-11H,9H2,1-4H3,(H2,15,16,17)/t11-/m0/s1. The Morgan fingerprint density at radius 1 is 1.18 bits per heavy atom. The summed E-state index contributed by atoms with van der Waals surface area (Å²) in [5.41, 5.74) is 2.65. The minimum Gasteiger partial charge on any atom is -0.366 e. The topological polar surface area (TPSA) is 24.1 Å². The Morgan fingerprint density at radius 3 is 2.24 bits per heavy atom. The van der Waals surface area contributed by atoms with Crippen LogP contribution in [0, 0.1) is 5.92 Å². The summed E-state index contributed by atoms with van der Waals surface area (Å²) in [6.45, 7) is 6.59. The van der Waals surface area contributed by atoms with E-state index >= 15 is 0 Å². The molecular weight excluding hydrogens is 228 g/mol. The van der Waals surface area contributed by atoms with Crippen LogP contribution in [0.5, 0.6) is 0 Å². The van der Waals surface area contributed by atoms with Gasteiger partial charge in [0.15, 0.2) is 5.11 Å². The normalized spacial score (nSPS) is 12.3. The maximum atomic E-state index is 5.09. The Hall–Kier alpha value is -1.09. The molecule has 1 aromatic rings.